The average Bonchev–Trinajstić information content (AvgIpc) is 3.24. The third kappa shape index (κ3) is 3.67. The van der Waals surface area contributed by atoms with Crippen LogP contribution < -0.4 is 5.32 Å². The van der Waals surface area contributed by atoms with Gasteiger partial charge in [-0.1, -0.05) is 19.3 Å². The van der Waals surface area contributed by atoms with Crippen LogP contribution >= 0.6 is 11.8 Å². The molecular formula is C16H26N2S. The van der Waals surface area contributed by atoms with Gasteiger partial charge in [-0.3, -0.25) is 5.32 Å². The Bertz CT molecular complexity index is 341. The third-order valence-corrected chi connectivity index (χ3v) is 6.56. The first-order valence-electron chi connectivity index (χ1n) is 8.14. The zero-order valence-corrected chi connectivity index (χ0v) is 12.7. The monoisotopic (exact) mass is 278 g/mol. The molecule has 3 rings (SSSR count). The van der Waals surface area contributed by atoms with Crippen molar-refractivity contribution < 1.29 is 0 Å². The molecule has 3 fully saturated rings. The summed E-state index contributed by atoms with van der Waals surface area (Å²) in [5.74, 6) is 0. The second-order valence-electron chi connectivity index (χ2n) is 6.73. The van der Waals surface area contributed by atoms with Gasteiger partial charge < -0.3 is 0 Å². The molecule has 106 valence electrons. The van der Waals surface area contributed by atoms with E-state index in [-0.39, 0.29) is 5.54 Å². The largest absolute Gasteiger partial charge is 0.297 e. The number of nitrogens with one attached hydrogen (secondary N) is 1. The predicted molar refractivity (Wildman–Crippen MR) is 81.2 cm³/mol. The Morgan fingerprint density at radius 1 is 0.947 bits per heavy atom. The summed E-state index contributed by atoms with van der Waals surface area (Å²) >= 11 is 2.22. The normalized spacial score (nSPS) is 36.9. The van der Waals surface area contributed by atoms with Crippen LogP contribution in [0.25, 0.3) is 0 Å². The van der Waals surface area contributed by atoms with Crippen LogP contribution in [0.4, 0.5) is 0 Å². The molecule has 3 heteroatoms. The summed E-state index contributed by atoms with van der Waals surface area (Å²) in [4.78, 5) is 0. The van der Waals surface area contributed by atoms with E-state index in [0.717, 1.165) is 23.3 Å². The standard InChI is InChI=1S/C16H26N2S/c17-12-16(18-13-8-9-13)10-4-7-15(11-16)19-14-5-2-1-3-6-14/h13-15,18H,1-11H2. The first kappa shape index (κ1) is 13.8. The van der Waals surface area contributed by atoms with Gasteiger partial charge in [0, 0.05) is 16.5 Å². The van der Waals surface area contributed by atoms with Gasteiger partial charge in [-0.2, -0.15) is 17.0 Å². The molecule has 19 heavy (non-hydrogen) atoms. The quantitative estimate of drug-likeness (QED) is 0.844. The number of hydrogen-bond acceptors (Lipinski definition) is 3. The van der Waals surface area contributed by atoms with E-state index in [1.165, 1.54) is 57.8 Å². The second-order valence-corrected chi connectivity index (χ2v) is 8.33. The lowest BCUT2D eigenvalue weighted by Crippen LogP contribution is -2.49. The molecule has 0 radical (unpaired) electrons. The zero-order chi connectivity index (χ0) is 13.1. The van der Waals surface area contributed by atoms with Crippen LogP contribution in [0.3, 0.4) is 0 Å². The lowest BCUT2D eigenvalue weighted by molar-refractivity contribution is 0.300. The van der Waals surface area contributed by atoms with Gasteiger partial charge >= 0.3 is 0 Å². The van der Waals surface area contributed by atoms with Crippen molar-refractivity contribution in [1.29, 1.82) is 5.26 Å². The topological polar surface area (TPSA) is 35.8 Å². The van der Waals surface area contributed by atoms with Crippen molar-refractivity contribution >= 4 is 11.8 Å². The fourth-order valence-electron chi connectivity index (χ4n) is 3.70. The van der Waals surface area contributed by atoms with Crippen LogP contribution in [-0.2, 0) is 0 Å². The molecule has 0 spiro atoms. The van der Waals surface area contributed by atoms with Crippen LogP contribution in [-0.4, -0.2) is 22.1 Å². The van der Waals surface area contributed by atoms with Gasteiger partial charge in [-0.25, -0.2) is 0 Å². The Balaban J connectivity index is 1.55. The van der Waals surface area contributed by atoms with Gasteiger partial charge in [0.2, 0.25) is 0 Å². The van der Waals surface area contributed by atoms with Crippen molar-refractivity contribution in [2.75, 3.05) is 0 Å². The maximum atomic E-state index is 9.62. The van der Waals surface area contributed by atoms with Crippen molar-refractivity contribution in [2.45, 2.75) is 92.7 Å². The Hall–Kier alpha value is -0.200. The summed E-state index contributed by atoms with van der Waals surface area (Å²) in [5, 5.41) is 14.9. The van der Waals surface area contributed by atoms with Crippen molar-refractivity contribution in [3.05, 3.63) is 0 Å². The molecule has 1 N–H and O–H groups in total. The van der Waals surface area contributed by atoms with Gasteiger partial charge in [0.05, 0.1) is 6.07 Å². The minimum absolute atomic E-state index is 0.189. The predicted octanol–water partition coefficient (Wildman–Crippen LogP) is 4.01. The fraction of sp³-hybridized carbons (Fsp3) is 0.938. The van der Waals surface area contributed by atoms with Gasteiger partial charge in [-0.15, -0.1) is 0 Å². The Kier molecular flexibility index (Phi) is 4.39. The highest BCUT2D eigenvalue weighted by atomic mass is 32.2. The molecule has 0 aromatic heterocycles. The number of thioether (sulfide) groups is 1. The summed E-state index contributed by atoms with van der Waals surface area (Å²) in [6.45, 7) is 0. The van der Waals surface area contributed by atoms with Gasteiger partial charge in [0.25, 0.3) is 0 Å². The molecule has 3 aliphatic carbocycles. The lowest BCUT2D eigenvalue weighted by atomic mass is 9.82. The number of rotatable bonds is 4. The molecule has 0 aliphatic heterocycles. The minimum atomic E-state index is -0.189. The highest BCUT2D eigenvalue weighted by Gasteiger charge is 2.41. The number of nitrogens with zero attached hydrogens (tertiary/aromatic N) is 1. The van der Waals surface area contributed by atoms with Gasteiger partial charge in [0.1, 0.15) is 5.54 Å². The molecule has 2 atom stereocenters. The van der Waals surface area contributed by atoms with Gasteiger partial charge in [0.15, 0.2) is 0 Å². The molecule has 0 heterocycles. The van der Waals surface area contributed by atoms with Crippen LogP contribution in [0, 0.1) is 11.3 Å². The molecule has 0 bridgehead atoms. The molecule has 3 saturated carbocycles. The zero-order valence-electron chi connectivity index (χ0n) is 11.9. The smallest absolute Gasteiger partial charge is 0.108 e. The fourth-order valence-corrected chi connectivity index (χ4v) is 5.53. The molecule has 3 aliphatic rings. The van der Waals surface area contributed by atoms with Crippen LogP contribution in [0.15, 0.2) is 0 Å². The second kappa shape index (κ2) is 6.06. The van der Waals surface area contributed by atoms with Crippen LogP contribution in [0.5, 0.6) is 0 Å². The minimum Gasteiger partial charge on any atom is -0.297 e. The maximum absolute atomic E-state index is 9.62. The SMILES string of the molecule is N#CC1(NC2CC2)CCCC(SC2CCCCC2)C1. The first-order valence-corrected chi connectivity index (χ1v) is 9.08. The summed E-state index contributed by atoms with van der Waals surface area (Å²) in [5.41, 5.74) is -0.189. The molecule has 2 unspecified atom stereocenters. The molecule has 0 aromatic carbocycles. The van der Waals surface area contributed by atoms with Crippen molar-refractivity contribution in [3.8, 4) is 6.07 Å². The van der Waals surface area contributed by atoms with Crippen molar-refractivity contribution in [2.24, 2.45) is 0 Å². The summed E-state index contributed by atoms with van der Waals surface area (Å²) in [6.07, 6.45) is 14.4. The Labute approximate surface area is 121 Å². The highest BCUT2D eigenvalue weighted by Crippen LogP contribution is 2.41. The van der Waals surface area contributed by atoms with Gasteiger partial charge in [-0.05, 0) is 51.4 Å². The molecule has 2 nitrogen and oxygen atoms in total. The van der Waals surface area contributed by atoms with Crippen molar-refractivity contribution in [1.82, 2.24) is 5.32 Å². The van der Waals surface area contributed by atoms with E-state index >= 15 is 0 Å². The first-order chi connectivity index (χ1) is 9.30. The maximum Gasteiger partial charge on any atom is 0.108 e. The van der Waals surface area contributed by atoms with E-state index < -0.39 is 0 Å². The van der Waals surface area contributed by atoms with Crippen molar-refractivity contribution in [3.63, 3.8) is 0 Å². The average molecular weight is 278 g/mol. The van der Waals surface area contributed by atoms with E-state index in [0.29, 0.717) is 6.04 Å². The van der Waals surface area contributed by atoms with Crippen LogP contribution in [0.1, 0.15) is 70.6 Å². The lowest BCUT2D eigenvalue weighted by Gasteiger charge is -2.38. The summed E-state index contributed by atoms with van der Waals surface area (Å²) in [7, 11) is 0. The highest BCUT2D eigenvalue weighted by molar-refractivity contribution is 8.00. The Morgan fingerprint density at radius 3 is 2.37 bits per heavy atom. The summed E-state index contributed by atoms with van der Waals surface area (Å²) in [6, 6.07) is 3.28. The molecule has 0 aromatic rings. The van der Waals surface area contributed by atoms with E-state index in [4.69, 9.17) is 0 Å². The van der Waals surface area contributed by atoms with E-state index in [1.54, 1.807) is 0 Å². The van der Waals surface area contributed by atoms with E-state index in [2.05, 4.69) is 23.1 Å². The molecule has 0 amide bonds. The number of nitriles is 1. The summed E-state index contributed by atoms with van der Waals surface area (Å²) < 4.78 is 0. The Morgan fingerprint density at radius 2 is 1.68 bits per heavy atom. The molecule has 0 saturated heterocycles. The van der Waals surface area contributed by atoms with E-state index in [1.807, 2.05) is 0 Å². The van der Waals surface area contributed by atoms with Crippen LogP contribution in [0.2, 0.25) is 0 Å². The third-order valence-electron chi connectivity index (χ3n) is 4.91. The van der Waals surface area contributed by atoms with E-state index in [9.17, 15) is 5.26 Å². The molecular weight excluding hydrogens is 252 g/mol. The number of hydrogen-bond donors (Lipinski definition) is 1.